The van der Waals surface area contributed by atoms with Gasteiger partial charge in [-0.1, -0.05) is 30.3 Å². The third-order valence-electron chi connectivity index (χ3n) is 3.15. The lowest BCUT2D eigenvalue weighted by atomic mass is 10.2. The molecule has 1 heterocycles. The van der Waals surface area contributed by atoms with Gasteiger partial charge in [-0.2, -0.15) is 0 Å². The Bertz CT molecular complexity index is 585. The molecule has 0 aromatic heterocycles. The van der Waals surface area contributed by atoms with E-state index in [0.717, 1.165) is 5.56 Å². The lowest BCUT2D eigenvalue weighted by Crippen LogP contribution is -2.59. The van der Waals surface area contributed by atoms with Crippen LogP contribution in [0.2, 0.25) is 0 Å². The Balaban J connectivity index is 2.09. The number of esters is 1. The number of ether oxygens (including phenoxy) is 2. The van der Waals surface area contributed by atoms with Crippen LogP contribution in [0.15, 0.2) is 36.6 Å². The smallest absolute Gasteiger partial charge is 0.362 e. The molecule has 0 N–H and O–H groups in total. The Kier molecular flexibility index (Phi) is 5.77. The van der Waals surface area contributed by atoms with Crippen molar-refractivity contribution < 1.29 is 23.9 Å². The molecule has 7 heteroatoms. The maximum absolute atomic E-state index is 12.0. The number of hydrogen-bond acceptors (Lipinski definition) is 6. The minimum atomic E-state index is -1.18. The third kappa shape index (κ3) is 3.76. The molecule has 116 valence electrons. The zero-order chi connectivity index (χ0) is 15.9. The molecule has 1 saturated heterocycles. The van der Waals surface area contributed by atoms with E-state index in [1.54, 1.807) is 0 Å². The number of carbonyl (C=O) groups is 2. The Morgan fingerprint density at radius 2 is 2.23 bits per heavy atom. The van der Waals surface area contributed by atoms with Crippen molar-refractivity contribution in [3.63, 3.8) is 0 Å². The van der Waals surface area contributed by atoms with Gasteiger partial charge in [0.15, 0.2) is 12.2 Å². The highest BCUT2D eigenvalue weighted by Gasteiger charge is 2.44. The summed E-state index contributed by atoms with van der Waals surface area (Å²) in [6.07, 6.45) is 1.63. The number of hydrogen-bond donors (Lipinski definition) is 0. The van der Waals surface area contributed by atoms with E-state index in [4.69, 9.17) is 4.74 Å². The predicted molar refractivity (Wildman–Crippen MR) is 80.1 cm³/mol. The molecule has 6 nitrogen and oxygen atoms in total. The van der Waals surface area contributed by atoms with Crippen molar-refractivity contribution in [1.29, 1.82) is 0 Å². The van der Waals surface area contributed by atoms with E-state index >= 15 is 0 Å². The van der Waals surface area contributed by atoms with Crippen molar-refractivity contribution in [2.75, 3.05) is 6.26 Å². The highest BCUT2D eigenvalue weighted by atomic mass is 32.2. The van der Waals surface area contributed by atoms with Crippen molar-refractivity contribution >= 4 is 29.6 Å². The van der Waals surface area contributed by atoms with E-state index in [1.807, 2.05) is 36.6 Å². The second-order valence-electron chi connectivity index (χ2n) is 4.52. The molecule has 2 unspecified atom stereocenters. The molecule has 1 aromatic carbocycles. The molecule has 0 aliphatic carbocycles. The molecule has 2 rings (SSSR count). The van der Waals surface area contributed by atoms with Gasteiger partial charge in [0, 0.05) is 0 Å². The van der Waals surface area contributed by atoms with Gasteiger partial charge in [0.1, 0.15) is 0 Å². The predicted octanol–water partition coefficient (Wildman–Crippen LogP) is 1.34. The van der Waals surface area contributed by atoms with Gasteiger partial charge in [-0.15, -0.1) is 11.8 Å². The number of nitrogens with zero attached hydrogens (tertiary/aromatic N) is 1. The average molecular weight is 321 g/mol. The zero-order valence-corrected chi connectivity index (χ0v) is 12.7. The van der Waals surface area contributed by atoms with Gasteiger partial charge >= 0.3 is 5.97 Å². The highest BCUT2D eigenvalue weighted by molar-refractivity contribution is 7.99. The van der Waals surface area contributed by atoms with Crippen LogP contribution in [0.25, 0.3) is 0 Å². The summed E-state index contributed by atoms with van der Waals surface area (Å²) in [5.41, 5.74) is 0.861. The molecule has 2 atom stereocenters. The molecule has 0 radical (unpaired) electrons. The number of carbonyl (C=O) groups excluding carboxylic acids is 3. The first-order chi connectivity index (χ1) is 10.7. The molecule has 1 amide bonds. The summed E-state index contributed by atoms with van der Waals surface area (Å²) in [5, 5.41) is -0.138. The van der Waals surface area contributed by atoms with E-state index < -0.39 is 12.2 Å². The fourth-order valence-electron chi connectivity index (χ4n) is 2.03. The van der Waals surface area contributed by atoms with Crippen LogP contribution in [0.3, 0.4) is 0 Å². The monoisotopic (exact) mass is 321 g/mol. The second kappa shape index (κ2) is 7.79. The van der Waals surface area contributed by atoms with Crippen LogP contribution in [-0.4, -0.2) is 40.6 Å². The first-order valence-electron chi connectivity index (χ1n) is 6.56. The van der Waals surface area contributed by atoms with Crippen molar-refractivity contribution in [2.24, 2.45) is 0 Å². The summed E-state index contributed by atoms with van der Waals surface area (Å²) in [5.74, 6) is 0.353. The minimum absolute atomic E-state index is 0.138. The quantitative estimate of drug-likeness (QED) is 0.327. The standard InChI is InChI=1S/C15H15NO5S/c1-22-13-9-12(18)16(13)14(15(19)20-8-7-17)21-10-11-5-3-2-4-6-11/h2-6,8,13-14H,9-10H2,1H3. The van der Waals surface area contributed by atoms with Gasteiger partial charge in [0.05, 0.1) is 18.4 Å². The molecule has 1 aromatic rings. The second-order valence-corrected chi connectivity index (χ2v) is 5.53. The van der Waals surface area contributed by atoms with Crippen LogP contribution in [0.5, 0.6) is 0 Å². The molecule has 22 heavy (non-hydrogen) atoms. The first kappa shape index (κ1) is 16.3. The van der Waals surface area contributed by atoms with Gasteiger partial charge in [0.25, 0.3) is 0 Å². The van der Waals surface area contributed by atoms with Crippen molar-refractivity contribution in [3.8, 4) is 0 Å². The summed E-state index contributed by atoms with van der Waals surface area (Å²) in [7, 11) is 0. The van der Waals surface area contributed by atoms with Crippen molar-refractivity contribution in [1.82, 2.24) is 4.90 Å². The third-order valence-corrected chi connectivity index (χ3v) is 4.09. The molecular formula is C15H15NO5S. The zero-order valence-electron chi connectivity index (χ0n) is 11.9. The lowest BCUT2D eigenvalue weighted by molar-refractivity contribution is -0.184. The molecular weight excluding hydrogens is 306 g/mol. The topological polar surface area (TPSA) is 72.9 Å². The van der Waals surface area contributed by atoms with Crippen LogP contribution in [0.1, 0.15) is 12.0 Å². The Morgan fingerprint density at radius 1 is 1.50 bits per heavy atom. The van der Waals surface area contributed by atoms with Gasteiger partial charge in [0.2, 0.25) is 12.1 Å². The summed E-state index contributed by atoms with van der Waals surface area (Å²) in [4.78, 5) is 35.3. The number of likely N-dealkylation sites (tertiary alicyclic amines) is 1. The van der Waals surface area contributed by atoms with Crippen LogP contribution in [0.4, 0.5) is 0 Å². The van der Waals surface area contributed by atoms with Crippen molar-refractivity contribution in [2.45, 2.75) is 24.6 Å². The van der Waals surface area contributed by atoms with E-state index in [2.05, 4.69) is 4.74 Å². The molecule has 1 aliphatic rings. The van der Waals surface area contributed by atoms with Gasteiger partial charge in [-0.05, 0) is 11.8 Å². The Labute approximate surface area is 132 Å². The van der Waals surface area contributed by atoms with Crippen LogP contribution >= 0.6 is 11.8 Å². The van der Waals surface area contributed by atoms with Crippen LogP contribution in [-0.2, 0) is 30.5 Å². The number of β-lactam (4-membered cyclic amide) rings is 1. The molecule has 0 spiro atoms. The Hall–Kier alpha value is -2.08. The van der Waals surface area contributed by atoms with E-state index in [0.29, 0.717) is 12.7 Å². The first-order valence-corrected chi connectivity index (χ1v) is 7.85. The number of rotatable bonds is 7. The fourth-order valence-corrected chi connectivity index (χ4v) is 2.80. The van der Waals surface area contributed by atoms with E-state index in [-0.39, 0.29) is 17.9 Å². The van der Waals surface area contributed by atoms with E-state index in [1.165, 1.54) is 22.6 Å². The molecule has 1 aliphatic heterocycles. The number of amides is 1. The van der Waals surface area contributed by atoms with Crippen molar-refractivity contribution in [3.05, 3.63) is 42.2 Å². The Morgan fingerprint density at radius 3 is 2.82 bits per heavy atom. The minimum Gasteiger partial charge on any atom is -0.419 e. The lowest BCUT2D eigenvalue weighted by Gasteiger charge is -2.42. The normalized spacial score (nSPS) is 18.1. The van der Waals surface area contributed by atoms with Crippen LogP contribution < -0.4 is 0 Å². The summed E-state index contributed by atoms with van der Waals surface area (Å²) in [6.45, 7) is 0.149. The average Bonchev–Trinajstić information content (AvgIpc) is 2.54. The van der Waals surface area contributed by atoms with Crippen LogP contribution in [0, 0.1) is 0 Å². The maximum Gasteiger partial charge on any atom is 0.362 e. The number of benzene rings is 1. The maximum atomic E-state index is 12.0. The fraction of sp³-hybridized carbons (Fsp3) is 0.333. The van der Waals surface area contributed by atoms with Gasteiger partial charge in [-0.3, -0.25) is 9.69 Å². The summed E-state index contributed by atoms with van der Waals surface area (Å²) >= 11 is 1.44. The van der Waals surface area contributed by atoms with E-state index in [9.17, 15) is 14.4 Å². The van der Waals surface area contributed by atoms with Gasteiger partial charge in [-0.25, -0.2) is 9.59 Å². The molecule has 1 fully saturated rings. The molecule has 0 bridgehead atoms. The summed E-state index contributed by atoms with van der Waals surface area (Å²) in [6, 6.07) is 9.25. The summed E-state index contributed by atoms with van der Waals surface area (Å²) < 4.78 is 10.2. The van der Waals surface area contributed by atoms with Gasteiger partial charge < -0.3 is 9.47 Å². The molecule has 0 saturated carbocycles. The largest absolute Gasteiger partial charge is 0.419 e. The highest BCUT2D eigenvalue weighted by Crippen LogP contribution is 2.31. The number of thioether (sulfide) groups is 1. The SMILES string of the molecule is CSC1CC(=O)N1C(OCc1ccccc1)C(=O)OC=C=O.